The second kappa shape index (κ2) is 12.4. The van der Waals surface area contributed by atoms with Gasteiger partial charge in [0.15, 0.2) is 11.5 Å². The van der Waals surface area contributed by atoms with E-state index < -0.39 is 5.91 Å². The molecule has 1 aromatic heterocycles. The van der Waals surface area contributed by atoms with Crippen LogP contribution >= 0.6 is 0 Å². The summed E-state index contributed by atoms with van der Waals surface area (Å²) >= 11 is 0. The van der Waals surface area contributed by atoms with Crippen molar-refractivity contribution in [3.05, 3.63) is 53.2 Å². The first-order valence-electron chi connectivity index (χ1n) is 12.5. The molecule has 0 spiro atoms. The molecule has 0 unspecified atom stereocenters. The van der Waals surface area contributed by atoms with Crippen molar-refractivity contribution in [1.29, 1.82) is 5.41 Å². The molecule has 0 aliphatic rings. The lowest BCUT2D eigenvalue weighted by molar-refractivity contribution is 0.100. The van der Waals surface area contributed by atoms with Gasteiger partial charge in [0.05, 0.1) is 36.6 Å². The summed E-state index contributed by atoms with van der Waals surface area (Å²) in [4.78, 5) is 16.8. The van der Waals surface area contributed by atoms with Crippen molar-refractivity contribution in [3.63, 3.8) is 0 Å². The van der Waals surface area contributed by atoms with Crippen LogP contribution in [0.25, 0.3) is 10.9 Å². The number of amides is 1. The van der Waals surface area contributed by atoms with Crippen LogP contribution in [0.1, 0.15) is 55.6 Å². The second-order valence-corrected chi connectivity index (χ2v) is 8.50. The summed E-state index contributed by atoms with van der Waals surface area (Å²) in [5.41, 5.74) is 10.5. The van der Waals surface area contributed by atoms with Crippen molar-refractivity contribution >= 4 is 33.9 Å². The van der Waals surface area contributed by atoms with Crippen molar-refractivity contribution in [2.75, 3.05) is 25.1 Å². The van der Waals surface area contributed by atoms with Gasteiger partial charge < -0.3 is 31.0 Å². The van der Waals surface area contributed by atoms with Crippen LogP contribution in [-0.4, -0.2) is 41.5 Å². The van der Waals surface area contributed by atoms with E-state index in [0.717, 1.165) is 23.2 Å². The maximum atomic E-state index is 12.4. The third-order valence-corrected chi connectivity index (χ3v) is 6.27. The number of ether oxygens (including phenoxy) is 2. The van der Waals surface area contributed by atoms with Crippen molar-refractivity contribution < 1.29 is 19.4 Å². The van der Waals surface area contributed by atoms with Crippen molar-refractivity contribution in [2.45, 2.75) is 47.0 Å². The highest BCUT2D eigenvalue weighted by Crippen LogP contribution is 2.38. The summed E-state index contributed by atoms with van der Waals surface area (Å²) in [5, 5.41) is 22.2. The summed E-state index contributed by atoms with van der Waals surface area (Å²) in [5.74, 6) is 0.393. The summed E-state index contributed by atoms with van der Waals surface area (Å²) in [6, 6.07) is 9.51. The lowest BCUT2D eigenvalue weighted by Crippen LogP contribution is -2.20. The maximum absolute atomic E-state index is 12.4. The zero-order chi connectivity index (χ0) is 26.2. The zero-order valence-electron chi connectivity index (χ0n) is 21.5. The largest absolute Gasteiger partial charge is 0.490 e. The first-order valence-corrected chi connectivity index (χ1v) is 12.5. The predicted octanol–water partition coefficient (Wildman–Crippen LogP) is 5.02. The molecule has 3 aromatic rings. The van der Waals surface area contributed by atoms with Gasteiger partial charge in [-0.1, -0.05) is 26.0 Å². The van der Waals surface area contributed by atoms with Gasteiger partial charge in [-0.2, -0.15) is 0 Å². The summed E-state index contributed by atoms with van der Waals surface area (Å²) in [7, 11) is 0. The Morgan fingerprint density at radius 2 is 1.83 bits per heavy atom. The van der Waals surface area contributed by atoms with Gasteiger partial charge in [0, 0.05) is 41.4 Å². The number of hydrogen-bond donors (Lipinski definition) is 4. The Labute approximate surface area is 212 Å². The average molecular weight is 493 g/mol. The summed E-state index contributed by atoms with van der Waals surface area (Å²) in [6.45, 7) is 8.72. The van der Waals surface area contributed by atoms with E-state index >= 15 is 0 Å². The van der Waals surface area contributed by atoms with E-state index in [9.17, 15) is 9.90 Å². The van der Waals surface area contributed by atoms with Gasteiger partial charge in [0.2, 0.25) is 0 Å². The SMILES string of the molecule is CCOc1cc2ncc(C(N)=O)c(Nc3cccc(CC(=N)[C@@H](CC)CO)c3CC)c2cc1OCC. The van der Waals surface area contributed by atoms with Crippen LogP contribution in [0.3, 0.4) is 0 Å². The molecule has 0 saturated carbocycles. The number of carbonyl (C=O) groups excluding carboxylic acids is 1. The molecule has 5 N–H and O–H groups in total. The number of primary amides is 1. The number of fused-ring (bicyclic) bond motifs is 1. The Kier molecular flexibility index (Phi) is 9.25. The molecule has 2 aromatic carbocycles. The van der Waals surface area contributed by atoms with Crippen molar-refractivity contribution in [1.82, 2.24) is 4.98 Å². The predicted molar refractivity (Wildman–Crippen MR) is 144 cm³/mol. The average Bonchev–Trinajstić information content (AvgIpc) is 2.86. The van der Waals surface area contributed by atoms with Crippen LogP contribution in [0.15, 0.2) is 36.5 Å². The minimum absolute atomic E-state index is 0.0361. The lowest BCUT2D eigenvalue weighted by Gasteiger charge is -2.20. The fourth-order valence-electron chi connectivity index (χ4n) is 4.36. The molecule has 0 aliphatic heterocycles. The number of nitrogens with two attached hydrogens (primary N) is 1. The highest BCUT2D eigenvalue weighted by molar-refractivity contribution is 6.08. The molecule has 0 radical (unpaired) electrons. The first-order chi connectivity index (χ1) is 17.4. The Hall–Kier alpha value is -3.65. The topological polar surface area (TPSA) is 131 Å². The molecule has 1 atom stereocenters. The van der Waals surface area contributed by atoms with E-state index in [0.29, 0.717) is 59.9 Å². The number of carbonyl (C=O) groups is 1. The molecule has 8 heteroatoms. The number of rotatable bonds is 13. The van der Waals surface area contributed by atoms with Gasteiger partial charge in [-0.3, -0.25) is 9.78 Å². The van der Waals surface area contributed by atoms with E-state index in [1.807, 2.05) is 45.0 Å². The van der Waals surface area contributed by atoms with Crippen LogP contribution in [-0.2, 0) is 12.8 Å². The standard InChI is InChI=1S/C28H36N4O4/c1-5-17(16-33)22(29)12-18-10-9-11-23(19(18)6-2)32-27-20-13-25(35-7-3)26(36-8-4)14-24(20)31-15-21(27)28(30)34/h9-11,13-15,17,29,33H,5-8,12,16H2,1-4H3,(H2,30,34)(H,31,32)/t17-/m0/s1. The Bertz CT molecular complexity index is 1240. The quantitative estimate of drug-likeness (QED) is 0.248. The fraction of sp³-hybridized carbons (Fsp3) is 0.393. The molecule has 0 aliphatic carbocycles. The number of nitrogens with zero attached hydrogens (tertiary/aromatic N) is 1. The van der Waals surface area contributed by atoms with Crippen LogP contribution in [0.4, 0.5) is 11.4 Å². The van der Waals surface area contributed by atoms with Gasteiger partial charge in [0.1, 0.15) is 0 Å². The monoisotopic (exact) mass is 492 g/mol. The van der Waals surface area contributed by atoms with Gasteiger partial charge in [-0.05, 0) is 49.9 Å². The summed E-state index contributed by atoms with van der Waals surface area (Å²) in [6.07, 6.45) is 3.35. The minimum atomic E-state index is -0.594. The maximum Gasteiger partial charge on any atom is 0.252 e. The molecule has 0 fully saturated rings. The normalized spacial score (nSPS) is 11.8. The molecular formula is C28H36N4O4. The van der Waals surface area contributed by atoms with E-state index in [1.165, 1.54) is 6.20 Å². The number of aliphatic hydroxyl groups excluding tert-OH is 1. The first kappa shape index (κ1) is 26.9. The third kappa shape index (κ3) is 5.76. The molecule has 0 bridgehead atoms. The molecule has 1 heterocycles. The summed E-state index contributed by atoms with van der Waals surface area (Å²) < 4.78 is 11.6. The molecular weight excluding hydrogens is 456 g/mol. The van der Waals surface area contributed by atoms with E-state index in [-0.39, 0.29) is 18.1 Å². The van der Waals surface area contributed by atoms with Gasteiger partial charge in [0.25, 0.3) is 5.91 Å². The van der Waals surface area contributed by atoms with Gasteiger partial charge in [-0.25, -0.2) is 0 Å². The Morgan fingerprint density at radius 3 is 2.42 bits per heavy atom. The molecule has 192 valence electrons. The highest BCUT2D eigenvalue weighted by Gasteiger charge is 2.20. The van der Waals surface area contributed by atoms with Crippen LogP contribution < -0.4 is 20.5 Å². The third-order valence-electron chi connectivity index (χ3n) is 6.27. The number of aliphatic hydroxyl groups is 1. The molecule has 1 amide bonds. The van der Waals surface area contributed by atoms with E-state index in [1.54, 1.807) is 6.07 Å². The zero-order valence-corrected chi connectivity index (χ0v) is 21.5. The van der Waals surface area contributed by atoms with Crippen LogP contribution in [0, 0.1) is 11.3 Å². The van der Waals surface area contributed by atoms with Gasteiger partial charge in [-0.15, -0.1) is 0 Å². The van der Waals surface area contributed by atoms with Crippen molar-refractivity contribution in [2.24, 2.45) is 11.7 Å². The number of hydrogen-bond acceptors (Lipinski definition) is 7. The number of nitrogens with one attached hydrogen (secondary N) is 2. The Morgan fingerprint density at radius 1 is 1.14 bits per heavy atom. The van der Waals surface area contributed by atoms with Crippen LogP contribution in [0.5, 0.6) is 11.5 Å². The highest BCUT2D eigenvalue weighted by atomic mass is 16.5. The number of benzene rings is 2. The minimum Gasteiger partial charge on any atom is -0.490 e. The van der Waals surface area contributed by atoms with E-state index in [2.05, 4.69) is 17.2 Å². The van der Waals surface area contributed by atoms with E-state index in [4.69, 9.17) is 20.6 Å². The molecule has 3 rings (SSSR count). The van der Waals surface area contributed by atoms with Gasteiger partial charge >= 0.3 is 0 Å². The molecule has 0 saturated heterocycles. The fourth-order valence-corrected chi connectivity index (χ4v) is 4.36. The molecule has 8 nitrogen and oxygen atoms in total. The number of pyridine rings is 1. The smallest absolute Gasteiger partial charge is 0.252 e. The lowest BCUT2D eigenvalue weighted by atomic mass is 9.91. The number of anilines is 2. The second-order valence-electron chi connectivity index (χ2n) is 8.50. The van der Waals surface area contributed by atoms with Crippen molar-refractivity contribution in [3.8, 4) is 11.5 Å². The number of aromatic nitrogens is 1. The van der Waals surface area contributed by atoms with Crippen LogP contribution in [0.2, 0.25) is 0 Å². The molecule has 36 heavy (non-hydrogen) atoms. The Balaban J connectivity index is 2.14.